The van der Waals surface area contributed by atoms with Gasteiger partial charge in [0.2, 0.25) is 0 Å². The van der Waals surface area contributed by atoms with Crippen LogP contribution in [0.15, 0.2) is 16.6 Å². The molecule has 0 bridgehead atoms. The Balaban J connectivity index is 1.77. The van der Waals surface area contributed by atoms with Crippen LogP contribution in [0.5, 0.6) is 0 Å². The molecule has 0 aromatic heterocycles. The Morgan fingerprint density at radius 3 is 2.80 bits per heavy atom. The van der Waals surface area contributed by atoms with Gasteiger partial charge < -0.3 is 5.32 Å². The average molecular weight is 345 g/mol. The van der Waals surface area contributed by atoms with E-state index in [0.717, 1.165) is 19.0 Å². The quantitative estimate of drug-likeness (QED) is 0.846. The number of rotatable bonds is 3. The van der Waals surface area contributed by atoms with Crippen molar-refractivity contribution in [1.29, 1.82) is 0 Å². The van der Waals surface area contributed by atoms with E-state index in [9.17, 15) is 8.78 Å². The molecule has 0 radical (unpaired) electrons. The highest BCUT2D eigenvalue weighted by Crippen LogP contribution is 2.34. The number of nitrogens with zero attached hydrogens (tertiary/aromatic N) is 1. The highest BCUT2D eigenvalue weighted by Gasteiger charge is 2.36. The van der Waals surface area contributed by atoms with Crippen LogP contribution in [-0.2, 0) is 6.54 Å². The van der Waals surface area contributed by atoms with Crippen LogP contribution in [0.1, 0.15) is 25.3 Å². The fraction of sp³-hybridized carbons (Fsp3) is 0.600. The fourth-order valence-corrected chi connectivity index (χ4v) is 3.27. The van der Waals surface area contributed by atoms with E-state index in [2.05, 4.69) is 33.1 Å². The highest BCUT2D eigenvalue weighted by molar-refractivity contribution is 9.10. The van der Waals surface area contributed by atoms with Gasteiger partial charge in [-0.25, -0.2) is 8.78 Å². The van der Waals surface area contributed by atoms with Crippen molar-refractivity contribution in [3.63, 3.8) is 0 Å². The van der Waals surface area contributed by atoms with Gasteiger partial charge in [-0.3, -0.25) is 4.90 Å². The van der Waals surface area contributed by atoms with Crippen molar-refractivity contribution in [3.8, 4) is 0 Å². The minimum Gasteiger partial charge on any atom is -0.311 e. The van der Waals surface area contributed by atoms with Gasteiger partial charge in [-0.05, 0) is 53.7 Å². The van der Waals surface area contributed by atoms with Crippen LogP contribution in [0.2, 0.25) is 0 Å². The monoisotopic (exact) mass is 344 g/mol. The molecule has 1 N–H and O–H groups in total. The van der Waals surface area contributed by atoms with Crippen molar-refractivity contribution in [3.05, 3.63) is 33.8 Å². The molecule has 2 unspecified atom stereocenters. The zero-order valence-corrected chi connectivity index (χ0v) is 13.1. The minimum absolute atomic E-state index is 0.169. The van der Waals surface area contributed by atoms with Crippen LogP contribution in [0, 0.1) is 17.6 Å². The van der Waals surface area contributed by atoms with Crippen molar-refractivity contribution in [2.75, 3.05) is 13.1 Å². The Bertz CT molecular complexity index is 505. The van der Waals surface area contributed by atoms with E-state index < -0.39 is 11.6 Å². The van der Waals surface area contributed by atoms with E-state index in [1.807, 2.05) is 0 Å². The molecule has 0 amide bonds. The molecule has 1 aromatic carbocycles. The number of nitrogens with one attached hydrogen (secondary N) is 1. The van der Waals surface area contributed by atoms with E-state index in [1.54, 1.807) is 0 Å². The first-order valence-corrected chi connectivity index (χ1v) is 7.95. The molecule has 2 fully saturated rings. The third-order valence-corrected chi connectivity index (χ3v) is 5.03. The third kappa shape index (κ3) is 2.90. The van der Waals surface area contributed by atoms with Crippen molar-refractivity contribution >= 4 is 15.9 Å². The lowest BCUT2D eigenvalue weighted by Crippen LogP contribution is -2.55. The van der Waals surface area contributed by atoms with Gasteiger partial charge in [0.15, 0.2) is 0 Å². The zero-order chi connectivity index (χ0) is 14.3. The van der Waals surface area contributed by atoms with Crippen LogP contribution in [0.25, 0.3) is 0 Å². The average Bonchev–Trinajstić information content (AvgIpc) is 3.25. The molecule has 2 aliphatic rings. The van der Waals surface area contributed by atoms with Gasteiger partial charge in [-0.1, -0.05) is 0 Å². The zero-order valence-electron chi connectivity index (χ0n) is 11.5. The lowest BCUT2D eigenvalue weighted by molar-refractivity contribution is 0.122. The van der Waals surface area contributed by atoms with Gasteiger partial charge in [0.25, 0.3) is 0 Å². The molecular weight excluding hydrogens is 326 g/mol. The van der Waals surface area contributed by atoms with E-state index in [0.29, 0.717) is 23.1 Å². The Morgan fingerprint density at radius 2 is 2.10 bits per heavy atom. The molecule has 110 valence electrons. The molecular formula is C15H19BrF2N2. The standard InChI is InChI=1S/C15H19BrF2N2/c1-9-6-19-14(10-2-3-10)8-20(9)7-11-13(17)5-4-12(16)15(11)18/h4-5,9-10,14,19H,2-3,6-8H2,1H3. The van der Waals surface area contributed by atoms with Crippen LogP contribution in [-0.4, -0.2) is 30.1 Å². The molecule has 2 atom stereocenters. The first-order chi connectivity index (χ1) is 9.56. The van der Waals surface area contributed by atoms with Gasteiger partial charge in [-0.2, -0.15) is 0 Å². The number of hydrogen-bond donors (Lipinski definition) is 1. The van der Waals surface area contributed by atoms with Crippen LogP contribution >= 0.6 is 15.9 Å². The maximum absolute atomic E-state index is 14.1. The van der Waals surface area contributed by atoms with Gasteiger partial charge >= 0.3 is 0 Å². The molecule has 2 nitrogen and oxygen atoms in total. The van der Waals surface area contributed by atoms with E-state index in [4.69, 9.17) is 0 Å². The maximum Gasteiger partial charge on any atom is 0.144 e. The lowest BCUT2D eigenvalue weighted by Gasteiger charge is -2.39. The van der Waals surface area contributed by atoms with Crippen molar-refractivity contribution in [2.45, 2.75) is 38.4 Å². The van der Waals surface area contributed by atoms with E-state index >= 15 is 0 Å². The second kappa shape index (κ2) is 5.70. The number of benzene rings is 1. The largest absolute Gasteiger partial charge is 0.311 e. The fourth-order valence-electron chi connectivity index (χ4n) is 2.90. The first kappa shape index (κ1) is 14.4. The number of hydrogen-bond acceptors (Lipinski definition) is 2. The summed E-state index contributed by atoms with van der Waals surface area (Å²) in [6.07, 6.45) is 2.55. The van der Waals surface area contributed by atoms with E-state index in [-0.39, 0.29) is 5.56 Å². The van der Waals surface area contributed by atoms with Crippen molar-refractivity contribution in [1.82, 2.24) is 10.2 Å². The normalized spacial score (nSPS) is 27.8. The molecule has 1 aliphatic heterocycles. The first-order valence-electron chi connectivity index (χ1n) is 7.16. The summed E-state index contributed by atoms with van der Waals surface area (Å²) in [5, 5.41) is 3.55. The van der Waals surface area contributed by atoms with Gasteiger partial charge in [-0.15, -0.1) is 0 Å². The molecule has 0 spiro atoms. The molecule has 3 rings (SSSR count). The summed E-state index contributed by atoms with van der Waals surface area (Å²) in [4.78, 5) is 2.19. The maximum atomic E-state index is 14.1. The smallest absolute Gasteiger partial charge is 0.144 e. The molecule has 1 saturated heterocycles. The molecule has 5 heteroatoms. The summed E-state index contributed by atoms with van der Waals surface area (Å²) in [5.41, 5.74) is 0.169. The van der Waals surface area contributed by atoms with Crippen molar-refractivity contribution in [2.24, 2.45) is 5.92 Å². The Labute approximate surface area is 126 Å². The van der Waals surface area contributed by atoms with Crippen LogP contribution in [0.4, 0.5) is 8.78 Å². The third-order valence-electron chi connectivity index (χ3n) is 4.42. The lowest BCUT2D eigenvalue weighted by atomic mass is 10.0. The Morgan fingerprint density at radius 1 is 1.35 bits per heavy atom. The van der Waals surface area contributed by atoms with Gasteiger partial charge in [0.1, 0.15) is 11.6 Å². The molecule has 1 heterocycles. The summed E-state index contributed by atoms with van der Waals surface area (Å²) in [5.74, 6) is -0.180. The highest BCUT2D eigenvalue weighted by atomic mass is 79.9. The Hall–Kier alpha value is -0.520. The summed E-state index contributed by atoms with van der Waals surface area (Å²) in [6, 6.07) is 3.52. The van der Waals surface area contributed by atoms with E-state index in [1.165, 1.54) is 25.0 Å². The summed E-state index contributed by atoms with van der Waals surface area (Å²) < 4.78 is 28.3. The summed E-state index contributed by atoms with van der Waals surface area (Å²) in [6.45, 7) is 4.20. The van der Waals surface area contributed by atoms with Crippen molar-refractivity contribution < 1.29 is 8.78 Å². The predicted octanol–water partition coefficient (Wildman–Crippen LogP) is 3.30. The van der Waals surface area contributed by atoms with Gasteiger partial charge in [0, 0.05) is 37.3 Å². The second-order valence-corrected chi connectivity index (χ2v) is 6.81. The molecule has 1 aliphatic carbocycles. The van der Waals surface area contributed by atoms with Crippen LogP contribution in [0.3, 0.4) is 0 Å². The second-order valence-electron chi connectivity index (χ2n) is 5.95. The summed E-state index contributed by atoms with van der Waals surface area (Å²) in [7, 11) is 0. The topological polar surface area (TPSA) is 15.3 Å². The predicted molar refractivity (Wildman–Crippen MR) is 78.4 cm³/mol. The minimum atomic E-state index is -0.473. The number of halogens is 3. The summed E-state index contributed by atoms with van der Waals surface area (Å²) >= 11 is 3.13. The number of piperazine rings is 1. The van der Waals surface area contributed by atoms with Gasteiger partial charge in [0.05, 0.1) is 4.47 Å². The SMILES string of the molecule is CC1CNC(C2CC2)CN1Cc1c(F)ccc(Br)c1F. The molecule has 1 saturated carbocycles. The molecule has 20 heavy (non-hydrogen) atoms. The molecule has 1 aromatic rings. The van der Waals surface area contributed by atoms with Crippen LogP contribution < -0.4 is 5.32 Å². The Kier molecular flexibility index (Phi) is 4.11.